The number of amides is 1. The van der Waals surface area contributed by atoms with E-state index in [0.29, 0.717) is 38.2 Å². The lowest BCUT2D eigenvalue weighted by Crippen LogP contribution is -2.50. The second-order valence-corrected chi connectivity index (χ2v) is 8.63. The Bertz CT molecular complexity index is 1060. The van der Waals surface area contributed by atoms with E-state index in [4.69, 9.17) is 9.47 Å². The van der Waals surface area contributed by atoms with Crippen molar-refractivity contribution in [3.8, 4) is 5.75 Å². The second kappa shape index (κ2) is 9.72. The zero-order valence-corrected chi connectivity index (χ0v) is 18.6. The molecule has 33 heavy (non-hydrogen) atoms. The van der Waals surface area contributed by atoms with E-state index in [2.05, 4.69) is 4.90 Å². The molecule has 2 heterocycles. The van der Waals surface area contributed by atoms with E-state index >= 15 is 0 Å². The number of carbonyl (C=O) groups is 1. The maximum atomic E-state index is 13.5. The molecule has 2 aliphatic rings. The zero-order chi connectivity index (χ0) is 23.6. The molecule has 1 saturated heterocycles. The highest BCUT2D eigenvalue weighted by Crippen LogP contribution is 2.36. The van der Waals surface area contributed by atoms with E-state index in [1.807, 2.05) is 0 Å². The van der Waals surface area contributed by atoms with Crippen molar-refractivity contribution in [2.24, 2.45) is 5.92 Å². The number of fused-ring (bicyclic) bond motifs is 1. The summed E-state index contributed by atoms with van der Waals surface area (Å²) in [7, 11) is 1.65. The van der Waals surface area contributed by atoms with Crippen LogP contribution in [0.15, 0.2) is 29.1 Å². The molecule has 0 bridgehead atoms. The smallest absolute Gasteiger partial charge is 0.417 e. The van der Waals surface area contributed by atoms with Crippen LogP contribution in [0.3, 0.4) is 0 Å². The van der Waals surface area contributed by atoms with E-state index < -0.39 is 17.3 Å². The fraction of sp³-hybridized carbons (Fsp3) is 0.565. The Morgan fingerprint density at radius 2 is 1.85 bits per heavy atom. The first-order chi connectivity index (χ1) is 15.8. The van der Waals surface area contributed by atoms with Crippen LogP contribution in [0.2, 0.25) is 0 Å². The van der Waals surface area contributed by atoms with Gasteiger partial charge in [0, 0.05) is 63.9 Å². The summed E-state index contributed by atoms with van der Waals surface area (Å²) in [6.07, 6.45) is -2.73. The standard InChI is InChI=1S/C23H28F3N3O4/c1-32-11-10-27-6-8-28(9-7-27)22(31)15-33-17-4-5-18-19(23(24,25)26)13-21(30)29(20(18)12-17)14-16-2-3-16/h4-5,12-13,16H,2-3,6-11,14-15H2,1H3. The van der Waals surface area contributed by atoms with E-state index in [0.717, 1.165) is 32.5 Å². The van der Waals surface area contributed by atoms with Crippen molar-refractivity contribution >= 4 is 16.8 Å². The van der Waals surface area contributed by atoms with Gasteiger partial charge in [0.15, 0.2) is 6.61 Å². The van der Waals surface area contributed by atoms with Gasteiger partial charge >= 0.3 is 6.18 Å². The minimum atomic E-state index is -4.64. The number of carbonyl (C=O) groups excluding carboxylic acids is 1. The van der Waals surface area contributed by atoms with E-state index in [1.165, 1.54) is 22.8 Å². The van der Waals surface area contributed by atoms with Crippen LogP contribution in [-0.2, 0) is 22.3 Å². The summed E-state index contributed by atoms with van der Waals surface area (Å²) < 4.78 is 52.7. The number of aromatic nitrogens is 1. The highest BCUT2D eigenvalue weighted by Gasteiger charge is 2.34. The second-order valence-electron chi connectivity index (χ2n) is 8.63. The third-order valence-electron chi connectivity index (χ3n) is 6.23. The number of pyridine rings is 1. The molecule has 2 aromatic rings. The summed E-state index contributed by atoms with van der Waals surface area (Å²) in [5.74, 6) is 0.384. The molecule has 2 fully saturated rings. The summed E-state index contributed by atoms with van der Waals surface area (Å²) in [5.41, 5.74) is -1.46. The average molecular weight is 467 g/mol. The summed E-state index contributed by atoms with van der Waals surface area (Å²) in [6.45, 7) is 4.28. The minimum Gasteiger partial charge on any atom is -0.484 e. The van der Waals surface area contributed by atoms with Gasteiger partial charge in [0.2, 0.25) is 0 Å². The molecule has 4 rings (SSSR count). The van der Waals surface area contributed by atoms with Crippen molar-refractivity contribution in [3.63, 3.8) is 0 Å². The maximum Gasteiger partial charge on any atom is 0.417 e. The molecular formula is C23H28F3N3O4. The van der Waals surface area contributed by atoms with E-state index in [-0.39, 0.29) is 29.2 Å². The van der Waals surface area contributed by atoms with Crippen LogP contribution < -0.4 is 10.3 Å². The molecule has 1 amide bonds. The Labute approximate surface area is 189 Å². The van der Waals surface area contributed by atoms with E-state index in [9.17, 15) is 22.8 Å². The van der Waals surface area contributed by atoms with Gasteiger partial charge in [-0.3, -0.25) is 14.5 Å². The number of rotatable bonds is 8. The molecule has 1 aliphatic heterocycles. The SMILES string of the molecule is COCCN1CCN(C(=O)COc2ccc3c(C(F)(F)F)cc(=O)n(CC4CC4)c3c2)CC1. The number of ether oxygens (including phenoxy) is 2. The number of piperazine rings is 1. The molecule has 1 aromatic heterocycles. The van der Waals surface area contributed by atoms with Crippen LogP contribution in [0.5, 0.6) is 5.75 Å². The molecule has 1 aliphatic carbocycles. The van der Waals surface area contributed by atoms with Gasteiger partial charge in [-0.25, -0.2) is 0 Å². The third-order valence-corrected chi connectivity index (χ3v) is 6.23. The number of methoxy groups -OCH3 is 1. The van der Waals surface area contributed by atoms with Gasteiger partial charge in [-0.2, -0.15) is 13.2 Å². The van der Waals surface area contributed by atoms with Crippen LogP contribution in [-0.4, -0.2) is 73.3 Å². The summed E-state index contributed by atoms with van der Waals surface area (Å²) in [5, 5.41) is -0.0476. The number of alkyl halides is 3. The highest BCUT2D eigenvalue weighted by molar-refractivity contribution is 5.85. The predicted molar refractivity (Wildman–Crippen MR) is 116 cm³/mol. The Morgan fingerprint density at radius 1 is 1.12 bits per heavy atom. The largest absolute Gasteiger partial charge is 0.484 e. The van der Waals surface area contributed by atoms with Crippen LogP contribution in [0.25, 0.3) is 10.9 Å². The van der Waals surface area contributed by atoms with Crippen molar-refractivity contribution in [2.75, 3.05) is 53.0 Å². The topological polar surface area (TPSA) is 64.0 Å². The number of hydrogen-bond acceptors (Lipinski definition) is 5. The maximum absolute atomic E-state index is 13.5. The van der Waals surface area contributed by atoms with Crippen molar-refractivity contribution < 1.29 is 27.4 Å². The van der Waals surface area contributed by atoms with Crippen LogP contribution in [0, 0.1) is 5.92 Å². The number of hydrogen-bond donors (Lipinski definition) is 0. The van der Waals surface area contributed by atoms with Gasteiger partial charge in [0.25, 0.3) is 11.5 Å². The van der Waals surface area contributed by atoms with Crippen molar-refractivity contribution in [2.45, 2.75) is 25.6 Å². The monoisotopic (exact) mass is 467 g/mol. The average Bonchev–Trinajstić information content (AvgIpc) is 3.61. The van der Waals surface area contributed by atoms with Gasteiger partial charge in [0.1, 0.15) is 5.75 Å². The molecule has 1 aromatic carbocycles. The molecular weight excluding hydrogens is 439 g/mol. The molecule has 7 nitrogen and oxygen atoms in total. The van der Waals surface area contributed by atoms with Crippen LogP contribution in [0.1, 0.15) is 18.4 Å². The molecule has 10 heteroatoms. The first kappa shape index (κ1) is 23.6. The van der Waals surface area contributed by atoms with Crippen LogP contribution >= 0.6 is 0 Å². The van der Waals surface area contributed by atoms with Gasteiger partial charge in [0.05, 0.1) is 17.7 Å². The summed E-state index contributed by atoms with van der Waals surface area (Å²) >= 11 is 0. The quantitative estimate of drug-likeness (QED) is 0.597. The lowest BCUT2D eigenvalue weighted by atomic mass is 10.1. The molecule has 0 radical (unpaired) electrons. The van der Waals surface area contributed by atoms with Crippen molar-refractivity contribution in [1.29, 1.82) is 0 Å². The predicted octanol–water partition coefficient (Wildman–Crippen LogP) is 2.60. The number of nitrogens with zero attached hydrogens (tertiary/aromatic N) is 3. The Hall–Kier alpha value is -2.59. The molecule has 0 unspecified atom stereocenters. The lowest BCUT2D eigenvalue weighted by molar-refractivity contribution is -0.136. The highest BCUT2D eigenvalue weighted by atomic mass is 19.4. The third kappa shape index (κ3) is 5.67. The molecule has 0 N–H and O–H groups in total. The lowest BCUT2D eigenvalue weighted by Gasteiger charge is -2.34. The molecule has 1 saturated carbocycles. The van der Waals surface area contributed by atoms with Gasteiger partial charge in [-0.1, -0.05) is 0 Å². The Morgan fingerprint density at radius 3 is 2.48 bits per heavy atom. The fourth-order valence-electron chi connectivity index (χ4n) is 4.11. The molecule has 180 valence electrons. The Kier molecular flexibility index (Phi) is 6.94. The van der Waals surface area contributed by atoms with Gasteiger partial charge in [-0.15, -0.1) is 0 Å². The number of benzene rings is 1. The summed E-state index contributed by atoms with van der Waals surface area (Å²) in [6, 6.07) is 4.83. The zero-order valence-electron chi connectivity index (χ0n) is 18.6. The summed E-state index contributed by atoms with van der Waals surface area (Å²) in [4.78, 5) is 29.0. The minimum absolute atomic E-state index is 0.0476. The van der Waals surface area contributed by atoms with Gasteiger partial charge < -0.3 is 18.9 Å². The molecule has 0 spiro atoms. The van der Waals surface area contributed by atoms with Crippen molar-refractivity contribution in [3.05, 3.63) is 40.2 Å². The van der Waals surface area contributed by atoms with Crippen LogP contribution in [0.4, 0.5) is 13.2 Å². The Balaban J connectivity index is 1.48. The first-order valence-corrected chi connectivity index (χ1v) is 11.1. The fourth-order valence-corrected chi connectivity index (χ4v) is 4.11. The number of halogens is 3. The first-order valence-electron chi connectivity index (χ1n) is 11.1. The van der Waals surface area contributed by atoms with Crippen molar-refractivity contribution in [1.82, 2.24) is 14.4 Å². The van der Waals surface area contributed by atoms with Gasteiger partial charge in [-0.05, 0) is 30.9 Å². The normalized spacial score (nSPS) is 17.5. The van der Waals surface area contributed by atoms with E-state index in [1.54, 1.807) is 12.0 Å². The molecule has 0 atom stereocenters.